The third-order valence-electron chi connectivity index (χ3n) is 3.61. The molecule has 2 N–H and O–H groups in total. The smallest absolute Gasteiger partial charge is 0.0994 e. The van der Waals surface area contributed by atoms with Gasteiger partial charge in [-0.3, -0.25) is 4.90 Å². The van der Waals surface area contributed by atoms with E-state index in [-0.39, 0.29) is 12.1 Å². The molecule has 1 aromatic heterocycles. The number of hydrogen-bond donors (Lipinski definition) is 1. The van der Waals surface area contributed by atoms with E-state index in [1.54, 1.807) is 0 Å². The number of nitrogens with two attached hydrogens (primary N) is 1. The largest absolute Gasteiger partial charge is 0.374 e. The standard InChI is InChI=1S/C14H27N5O/c1-4-13(15)14-10-19(17-16-14)9-12-8-18(5-6-20-12)7-11(2)3/h10-13H,4-9,15H2,1-3H3. The fraction of sp³-hybridized carbons (Fsp3) is 0.857. The van der Waals surface area contributed by atoms with Gasteiger partial charge in [0.1, 0.15) is 0 Å². The van der Waals surface area contributed by atoms with Gasteiger partial charge in [-0.25, -0.2) is 4.68 Å². The Kier molecular flexibility index (Phi) is 5.51. The zero-order chi connectivity index (χ0) is 14.5. The molecule has 2 atom stereocenters. The lowest BCUT2D eigenvalue weighted by molar-refractivity contribution is -0.0406. The van der Waals surface area contributed by atoms with Crippen molar-refractivity contribution in [2.75, 3.05) is 26.2 Å². The van der Waals surface area contributed by atoms with Crippen LogP contribution >= 0.6 is 0 Å². The maximum absolute atomic E-state index is 5.96. The van der Waals surface area contributed by atoms with E-state index in [0.717, 1.165) is 44.9 Å². The van der Waals surface area contributed by atoms with E-state index in [2.05, 4.69) is 36.0 Å². The van der Waals surface area contributed by atoms with Gasteiger partial charge in [0.15, 0.2) is 0 Å². The van der Waals surface area contributed by atoms with Gasteiger partial charge >= 0.3 is 0 Å². The molecule has 2 unspecified atom stereocenters. The molecule has 0 aliphatic carbocycles. The van der Waals surface area contributed by atoms with Crippen molar-refractivity contribution in [3.8, 4) is 0 Å². The Hall–Kier alpha value is -0.980. The van der Waals surface area contributed by atoms with Gasteiger partial charge in [-0.1, -0.05) is 26.0 Å². The Labute approximate surface area is 121 Å². The molecular weight excluding hydrogens is 254 g/mol. The minimum Gasteiger partial charge on any atom is -0.374 e. The van der Waals surface area contributed by atoms with Crippen molar-refractivity contribution in [1.82, 2.24) is 19.9 Å². The molecule has 1 saturated heterocycles. The third-order valence-corrected chi connectivity index (χ3v) is 3.61. The second kappa shape index (κ2) is 7.15. The highest BCUT2D eigenvalue weighted by molar-refractivity contribution is 4.99. The van der Waals surface area contributed by atoms with Crippen LogP contribution in [-0.2, 0) is 11.3 Å². The van der Waals surface area contributed by atoms with E-state index < -0.39 is 0 Å². The van der Waals surface area contributed by atoms with Gasteiger partial charge in [0.25, 0.3) is 0 Å². The summed E-state index contributed by atoms with van der Waals surface area (Å²) in [5.41, 5.74) is 6.83. The lowest BCUT2D eigenvalue weighted by Crippen LogP contribution is -2.45. The molecule has 1 aromatic rings. The maximum Gasteiger partial charge on any atom is 0.0994 e. The summed E-state index contributed by atoms with van der Waals surface area (Å²) in [6.45, 7) is 11.2. The van der Waals surface area contributed by atoms with Gasteiger partial charge in [0, 0.05) is 19.6 Å². The predicted octanol–water partition coefficient (Wildman–Crippen LogP) is 1.04. The summed E-state index contributed by atoms with van der Waals surface area (Å²) in [4.78, 5) is 2.47. The van der Waals surface area contributed by atoms with Crippen LogP contribution in [0.1, 0.15) is 38.9 Å². The summed E-state index contributed by atoms with van der Waals surface area (Å²) < 4.78 is 7.68. The molecule has 2 rings (SSSR count). The van der Waals surface area contributed by atoms with Crippen LogP contribution in [0.4, 0.5) is 0 Å². The molecule has 1 fully saturated rings. The summed E-state index contributed by atoms with van der Waals surface area (Å²) in [5, 5.41) is 8.29. The number of rotatable bonds is 6. The summed E-state index contributed by atoms with van der Waals surface area (Å²) in [5.74, 6) is 0.689. The number of aromatic nitrogens is 3. The molecule has 0 amide bonds. The van der Waals surface area contributed by atoms with Crippen LogP contribution in [0.25, 0.3) is 0 Å². The number of ether oxygens (including phenoxy) is 1. The quantitative estimate of drug-likeness (QED) is 0.844. The third kappa shape index (κ3) is 4.26. The molecule has 0 bridgehead atoms. The van der Waals surface area contributed by atoms with Crippen molar-refractivity contribution < 1.29 is 4.74 Å². The summed E-state index contributed by atoms with van der Waals surface area (Å²) in [6, 6.07) is -0.0199. The Morgan fingerprint density at radius 3 is 3.00 bits per heavy atom. The molecule has 6 heteroatoms. The van der Waals surface area contributed by atoms with E-state index in [9.17, 15) is 0 Å². The summed E-state index contributed by atoms with van der Waals surface area (Å²) in [6.07, 6.45) is 3.01. The Morgan fingerprint density at radius 1 is 1.50 bits per heavy atom. The zero-order valence-corrected chi connectivity index (χ0v) is 12.8. The summed E-state index contributed by atoms with van der Waals surface area (Å²) >= 11 is 0. The minimum absolute atomic E-state index is 0.0199. The van der Waals surface area contributed by atoms with Crippen molar-refractivity contribution in [2.45, 2.75) is 45.9 Å². The van der Waals surface area contributed by atoms with E-state index in [0.29, 0.717) is 5.92 Å². The molecular formula is C14H27N5O. The van der Waals surface area contributed by atoms with Crippen LogP contribution in [0.3, 0.4) is 0 Å². The van der Waals surface area contributed by atoms with Crippen molar-refractivity contribution >= 4 is 0 Å². The van der Waals surface area contributed by atoms with Crippen molar-refractivity contribution in [3.63, 3.8) is 0 Å². The number of hydrogen-bond acceptors (Lipinski definition) is 5. The number of morpholine rings is 1. The second-order valence-electron chi connectivity index (χ2n) is 6.03. The van der Waals surface area contributed by atoms with Crippen LogP contribution < -0.4 is 5.73 Å². The Balaban J connectivity index is 1.87. The van der Waals surface area contributed by atoms with Crippen LogP contribution in [0.2, 0.25) is 0 Å². The fourth-order valence-corrected chi connectivity index (χ4v) is 2.56. The molecule has 0 radical (unpaired) electrons. The molecule has 2 heterocycles. The van der Waals surface area contributed by atoms with Crippen molar-refractivity contribution in [1.29, 1.82) is 0 Å². The summed E-state index contributed by atoms with van der Waals surface area (Å²) in [7, 11) is 0. The number of nitrogens with zero attached hydrogens (tertiary/aromatic N) is 4. The molecule has 0 aromatic carbocycles. The lowest BCUT2D eigenvalue weighted by atomic mass is 10.2. The van der Waals surface area contributed by atoms with Gasteiger partial charge < -0.3 is 10.5 Å². The second-order valence-corrected chi connectivity index (χ2v) is 6.03. The van der Waals surface area contributed by atoms with Crippen LogP contribution in [0, 0.1) is 5.92 Å². The van der Waals surface area contributed by atoms with E-state index in [1.165, 1.54) is 0 Å². The first-order chi connectivity index (χ1) is 9.58. The predicted molar refractivity (Wildman–Crippen MR) is 78.3 cm³/mol. The molecule has 0 spiro atoms. The van der Waals surface area contributed by atoms with Gasteiger partial charge in [0.2, 0.25) is 0 Å². The van der Waals surface area contributed by atoms with E-state index >= 15 is 0 Å². The average Bonchev–Trinajstić information content (AvgIpc) is 2.86. The van der Waals surface area contributed by atoms with Crippen LogP contribution in [-0.4, -0.2) is 52.2 Å². The molecule has 1 aliphatic rings. The van der Waals surface area contributed by atoms with Gasteiger partial charge in [-0.05, 0) is 12.3 Å². The van der Waals surface area contributed by atoms with E-state index in [1.807, 2.05) is 10.9 Å². The first-order valence-corrected chi connectivity index (χ1v) is 7.58. The first kappa shape index (κ1) is 15.4. The Morgan fingerprint density at radius 2 is 2.30 bits per heavy atom. The topological polar surface area (TPSA) is 69.2 Å². The normalized spacial score (nSPS) is 22.4. The highest BCUT2D eigenvalue weighted by Crippen LogP contribution is 2.12. The molecule has 20 heavy (non-hydrogen) atoms. The average molecular weight is 281 g/mol. The monoisotopic (exact) mass is 281 g/mol. The van der Waals surface area contributed by atoms with Crippen LogP contribution in [0.5, 0.6) is 0 Å². The van der Waals surface area contributed by atoms with Crippen molar-refractivity contribution in [3.05, 3.63) is 11.9 Å². The highest BCUT2D eigenvalue weighted by atomic mass is 16.5. The Bertz CT molecular complexity index is 406. The molecule has 0 saturated carbocycles. The fourth-order valence-electron chi connectivity index (χ4n) is 2.56. The minimum atomic E-state index is -0.0199. The maximum atomic E-state index is 5.96. The lowest BCUT2D eigenvalue weighted by Gasteiger charge is -2.33. The highest BCUT2D eigenvalue weighted by Gasteiger charge is 2.22. The van der Waals surface area contributed by atoms with Gasteiger partial charge in [-0.15, -0.1) is 5.10 Å². The SMILES string of the molecule is CCC(N)c1cn(CC2CN(CC(C)C)CCO2)nn1. The van der Waals surface area contributed by atoms with Crippen molar-refractivity contribution in [2.24, 2.45) is 11.7 Å². The van der Waals surface area contributed by atoms with Gasteiger partial charge in [0.05, 0.1) is 37.2 Å². The van der Waals surface area contributed by atoms with E-state index in [4.69, 9.17) is 10.5 Å². The zero-order valence-electron chi connectivity index (χ0n) is 12.8. The van der Waals surface area contributed by atoms with Crippen LogP contribution in [0.15, 0.2) is 6.20 Å². The van der Waals surface area contributed by atoms with Gasteiger partial charge in [-0.2, -0.15) is 0 Å². The first-order valence-electron chi connectivity index (χ1n) is 7.58. The molecule has 6 nitrogen and oxygen atoms in total. The molecule has 114 valence electrons. The molecule has 1 aliphatic heterocycles.